The van der Waals surface area contributed by atoms with E-state index in [2.05, 4.69) is 10.1 Å². The molecule has 1 aliphatic rings. The number of rotatable bonds is 6. The first kappa shape index (κ1) is 17.8. The van der Waals surface area contributed by atoms with Gasteiger partial charge < -0.3 is 9.26 Å². The number of benzene rings is 1. The van der Waals surface area contributed by atoms with Crippen LogP contribution in [0.4, 0.5) is 0 Å². The summed E-state index contributed by atoms with van der Waals surface area (Å²) in [5.41, 5.74) is 2.33. The first-order valence-electron chi connectivity index (χ1n) is 8.00. The molecule has 0 N–H and O–H groups in total. The quantitative estimate of drug-likeness (QED) is 0.766. The van der Waals surface area contributed by atoms with Crippen molar-refractivity contribution in [3.05, 3.63) is 41.0 Å². The highest BCUT2D eigenvalue weighted by Gasteiger charge is 2.30. The summed E-state index contributed by atoms with van der Waals surface area (Å²) in [7, 11) is 1.07. The van der Waals surface area contributed by atoms with E-state index < -0.39 is 10.2 Å². The molecule has 1 atom stereocenters. The number of likely N-dealkylation sites (N-methyl/N-ethyl adjacent to an activating group) is 1. The lowest BCUT2D eigenvalue weighted by atomic mass is 10.0. The summed E-state index contributed by atoms with van der Waals surface area (Å²) >= 11 is 0. The zero-order chi connectivity index (χ0) is 18.2. The Morgan fingerprint density at radius 2 is 2.04 bits per heavy atom. The van der Waals surface area contributed by atoms with Gasteiger partial charge in [0.25, 0.3) is 16.1 Å². The van der Waals surface area contributed by atoms with E-state index in [1.54, 1.807) is 0 Å². The summed E-state index contributed by atoms with van der Waals surface area (Å²) in [4.78, 5) is 4.37. The standard InChI is InChI=1S/C16H22N4O4S/c1-11-6-5-7-13-12(11)10-14(23-13)16-17-15(18-24-16)8-9-20(4)25(21,22)19(2)3/h5-7,14H,8-10H2,1-4H3. The predicted octanol–water partition coefficient (Wildman–Crippen LogP) is 1.33. The lowest BCUT2D eigenvalue weighted by molar-refractivity contribution is 0.183. The van der Waals surface area contributed by atoms with Gasteiger partial charge in [-0.3, -0.25) is 0 Å². The summed E-state index contributed by atoms with van der Waals surface area (Å²) < 4.78 is 37.6. The van der Waals surface area contributed by atoms with Gasteiger partial charge in [-0.25, -0.2) is 0 Å². The van der Waals surface area contributed by atoms with Crippen LogP contribution in [0.1, 0.15) is 28.9 Å². The van der Waals surface area contributed by atoms with Crippen molar-refractivity contribution >= 4 is 10.2 Å². The normalized spacial score (nSPS) is 17.1. The minimum Gasteiger partial charge on any atom is -0.480 e. The lowest BCUT2D eigenvalue weighted by Gasteiger charge is -2.20. The number of aryl methyl sites for hydroxylation is 1. The van der Waals surface area contributed by atoms with Gasteiger partial charge in [-0.05, 0) is 18.6 Å². The average Bonchev–Trinajstić information content (AvgIpc) is 3.19. The smallest absolute Gasteiger partial charge is 0.281 e. The summed E-state index contributed by atoms with van der Waals surface area (Å²) in [6.07, 6.45) is 0.769. The van der Waals surface area contributed by atoms with Crippen LogP contribution < -0.4 is 4.74 Å². The predicted molar refractivity (Wildman–Crippen MR) is 91.5 cm³/mol. The highest BCUT2D eigenvalue weighted by Crippen LogP contribution is 2.37. The van der Waals surface area contributed by atoms with Crippen LogP contribution in [0.3, 0.4) is 0 Å². The molecule has 1 aliphatic heterocycles. The van der Waals surface area contributed by atoms with Crippen molar-refractivity contribution in [2.24, 2.45) is 0 Å². The molecule has 9 heteroatoms. The number of hydrogen-bond acceptors (Lipinski definition) is 6. The summed E-state index contributed by atoms with van der Waals surface area (Å²) in [5.74, 6) is 1.73. The Bertz CT molecular complexity index is 863. The summed E-state index contributed by atoms with van der Waals surface area (Å²) in [6.45, 7) is 2.31. The Morgan fingerprint density at radius 1 is 1.28 bits per heavy atom. The minimum absolute atomic E-state index is 0.268. The van der Waals surface area contributed by atoms with Gasteiger partial charge in [0.2, 0.25) is 0 Å². The molecule has 0 spiro atoms. The molecule has 1 unspecified atom stereocenters. The second-order valence-electron chi connectivity index (χ2n) is 6.27. The van der Waals surface area contributed by atoms with Gasteiger partial charge >= 0.3 is 0 Å². The topological polar surface area (TPSA) is 88.8 Å². The van der Waals surface area contributed by atoms with Gasteiger partial charge in [0, 0.05) is 46.1 Å². The molecule has 2 aromatic rings. The van der Waals surface area contributed by atoms with Gasteiger partial charge in [0.15, 0.2) is 11.9 Å². The van der Waals surface area contributed by atoms with Crippen molar-refractivity contribution in [2.75, 3.05) is 27.7 Å². The van der Waals surface area contributed by atoms with Crippen LogP contribution in [-0.4, -0.2) is 54.9 Å². The highest BCUT2D eigenvalue weighted by molar-refractivity contribution is 7.86. The number of fused-ring (bicyclic) bond motifs is 1. The van der Waals surface area contributed by atoms with Crippen LogP contribution in [0, 0.1) is 6.92 Å². The molecule has 1 aromatic heterocycles. The Morgan fingerprint density at radius 3 is 2.72 bits per heavy atom. The van der Waals surface area contributed by atoms with Crippen LogP contribution in [0.2, 0.25) is 0 Å². The monoisotopic (exact) mass is 366 g/mol. The van der Waals surface area contributed by atoms with Crippen molar-refractivity contribution in [1.29, 1.82) is 0 Å². The molecule has 0 saturated carbocycles. The fourth-order valence-corrected chi connectivity index (χ4v) is 3.60. The third-order valence-electron chi connectivity index (χ3n) is 4.29. The molecule has 0 fully saturated rings. The number of nitrogens with zero attached hydrogens (tertiary/aromatic N) is 4. The number of aromatic nitrogens is 2. The van der Waals surface area contributed by atoms with Gasteiger partial charge in [-0.15, -0.1) is 0 Å². The highest BCUT2D eigenvalue weighted by atomic mass is 32.2. The molecule has 2 heterocycles. The van der Waals surface area contributed by atoms with Gasteiger partial charge in [0.1, 0.15) is 5.75 Å². The molecule has 0 amide bonds. The van der Waals surface area contributed by atoms with E-state index in [0.29, 0.717) is 24.6 Å². The molecule has 1 aromatic carbocycles. The number of ether oxygens (including phenoxy) is 1. The maximum atomic E-state index is 12.0. The van der Waals surface area contributed by atoms with Crippen molar-refractivity contribution in [3.8, 4) is 5.75 Å². The fourth-order valence-electron chi connectivity index (χ4n) is 2.72. The molecule has 136 valence electrons. The Kier molecular flexibility index (Phi) is 4.81. The third-order valence-corrected chi connectivity index (χ3v) is 6.18. The second kappa shape index (κ2) is 6.74. The third kappa shape index (κ3) is 3.53. The van der Waals surface area contributed by atoms with Crippen LogP contribution in [0.25, 0.3) is 0 Å². The van der Waals surface area contributed by atoms with Crippen LogP contribution in [0.15, 0.2) is 22.7 Å². The Hall–Kier alpha value is -1.97. The maximum absolute atomic E-state index is 12.0. The van der Waals surface area contributed by atoms with E-state index in [0.717, 1.165) is 11.3 Å². The average molecular weight is 366 g/mol. The molecule has 0 aliphatic carbocycles. The van der Waals surface area contributed by atoms with Gasteiger partial charge in [0.05, 0.1) is 0 Å². The molecule has 8 nitrogen and oxygen atoms in total. The number of hydrogen-bond donors (Lipinski definition) is 0. The van der Waals surface area contributed by atoms with E-state index in [9.17, 15) is 8.42 Å². The maximum Gasteiger partial charge on any atom is 0.281 e. The van der Waals surface area contributed by atoms with E-state index in [1.165, 1.54) is 35.3 Å². The molecular formula is C16H22N4O4S. The molecule has 0 saturated heterocycles. The van der Waals surface area contributed by atoms with Crippen LogP contribution in [0.5, 0.6) is 5.75 Å². The van der Waals surface area contributed by atoms with E-state index in [4.69, 9.17) is 9.26 Å². The van der Waals surface area contributed by atoms with Crippen molar-refractivity contribution in [2.45, 2.75) is 25.9 Å². The fraction of sp³-hybridized carbons (Fsp3) is 0.500. The van der Waals surface area contributed by atoms with E-state index in [-0.39, 0.29) is 12.6 Å². The lowest BCUT2D eigenvalue weighted by Crippen LogP contribution is -2.38. The van der Waals surface area contributed by atoms with Crippen LogP contribution >= 0.6 is 0 Å². The summed E-state index contributed by atoms with van der Waals surface area (Å²) in [5, 5.41) is 3.94. The van der Waals surface area contributed by atoms with Crippen molar-refractivity contribution < 1.29 is 17.7 Å². The van der Waals surface area contributed by atoms with Crippen molar-refractivity contribution in [1.82, 2.24) is 18.8 Å². The SMILES string of the molecule is Cc1cccc2c1CC(c1nc(CCN(C)S(=O)(=O)N(C)C)no1)O2. The zero-order valence-electron chi connectivity index (χ0n) is 14.8. The van der Waals surface area contributed by atoms with E-state index in [1.807, 2.05) is 25.1 Å². The summed E-state index contributed by atoms with van der Waals surface area (Å²) in [6, 6.07) is 5.93. The largest absolute Gasteiger partial charge is 0.480 e. The molecule has 0 radical (unpaired) electrons. The minimum atomic E-state index is -3.44. The first-order valence-corrected chi connectivity index (χ1v) is 9.40. The first-order chi connectivity index (χ1) is 11.8. The van der Waals surface area contributed by atoms with E-state index >= 15 is 0 Å². The van der Waals surface area contributed by atoms with Gasteiger partial charge in [-0.1, -0.05) is 17.3 Å². The Labute approximate surface area is 147 Å². The Balaban J connectivity index is 1.64. The molecule has 0 bridgehead atoms. The molecule has 25 heavy (non-hydrogen) atoms. The second-order valence-corrected chi connectivity index (χ2v) is 8.52. The molecular weight excluding hydrogens is 344 g/mol. The zero-order valence-corrected chi connectivity index (χ0v) is 15.6. The van der Waals surface area contributed by atoms with Crippen LogP contribution in [-0.2, 0) is 23.1 Å². The molecule has 3 rings (SSSR count). The van der Waals surface area contributed by atoms with Crippen molar-refractivity contribution in [3.63, 3.8) is 0 Å². The van der Waals surface area contributed by atoms with Gasteiger partial charge in [-0.2, -0.15) is 22.0 Å².